The Hall–Kier alpha value is -4.91. The highest BCUT2D eigenvalue weighted by atomic mass is 16.5. The fourth-order valence-electron chi connectivity index (χ4n) is 4.92. The quantitative estimate of drug-likeness (QED) is 0.255. The summed E-state index contributed by atoms with van der Waals surface area (Å²) in [4.78, 5) is 30.5. The van der Waals surface area contributed by atoms with Crippen molar-refractivity contribution in [2.24, 2.45) is 0 Å². The SMILES string of the molecule is CCn1c2ccccc2c2cc(NC(=O)COC(=O)c3cc(-c4ccc(C)o4)nc4ccccc34)ccc21. The molecule has 3 aromatic heterocycles. The Morgan fingerprint density at radius 1 is 0.895 bits per heavy atom. The summed E-state index contributed by atoms with van der Waals surface area (Å²) in [5.41, 5.74) is 4.37. The van der Waals surface area contributed by atoms with Crippen molar-refractivity contribution in [3.63, 3.8) is 0 Å². The maximum absolute atomic E-state index is 13.1. The van der Waals surface area contributed by atoms with Crippen molar-refractivity contribution in [2.75, 3.05) is 11.9 Å². The third-order valence-corrected chi connectivity index (χ3v) is 6.64. The fraction of sp³-hybridized carbons (Fsp3) is 0.129. The number of carbonyl (C=O) groups is 2. The molecule has 6 rings (SSSR count). The molecule has 7 heteroatoms. The van der Waals surface area contributed by atoms with Gasteiger partial charge in [0.05, 0.1) is 11.1 Å². The number of benzene rings is 3. The Morgan fingerprint density at radius 3 is 2.45 bits per heavy atom. The van der Waals surface area contributed by atoms with Gasteiger partial charge < -0.3 is 19.0 Å². The van der Waals surface area contributed by atoms with Crippen LogP contribution in [0, 0.1) is 6.92 Å². The molecule has 0 saturated carbocycles. The third-order valence-electron chi connectivity index (χ3n) is 6.64. The van der Waals surface area contributed by atoms with E-state index in [9.17, 15) is 9.59 Å². The molecule has 3 aromatic carbocycles. The summed E-state index contributed by atoms with van der Waals surface area (Å²) in [5, 5.41) is 5.68. The molecule has 0 saturated heterocycles. The Kier molecular flexibility index (Phi) is 5.88. The average molecular weight is 504 g/mol. The third kappa shape index (κ3) is 4.18. The number of nitrogens with zero attached hydrogens (tertiary/aromatic N) is 2. The van der Waals surface area contributed by atoms with Gasteiger partial charge in [0.1, 0.15) is 11.5 Å². The number of fused-ring (bicyclic) bond motifs is 4. The number of pyridine rings is 1. The van der Waals surface area contributed by atoms with E-state index in [4.69, 9.17) is 9.15 Å². The Labute approximate surface area is 218 Å². The molecule has 0 spiro atoms. The minimum Gasteiger partial charge on any atom is -0.460 e. The number of hydrogen-bond donors (Lipinski definition) is 1. The van der Waals surface area contributed by atoms with Gasteiger partial charge >= 0.3 is 5.97 Å². The van der Waals surface area contributed by atoms with Gasteiger partial charge in [-0.2, -0.15) is 0 Å². The van der Waals surface area contributed by atoms with Crippen molar-refractivity contribution in [2.45, 2.75) is 20.4 Å². The minimum absolute atomic E-state index is 0.321. The van der Waals surface area contributed by atoms with E-state index >= 15 is 0 Å². The molecular weight excluding hydrogens is 478 g/mol. The first-order valence-corrected chi connectivity index (χ1v) is 12.5. The second-order valence-electron chi connectivity index (χ2n) is 9.10. The van der Waals surface area contributed by atoms with Crippen molar-refractivity contribution in [1.29, 1.82) is 0 Å². The lowest BCUT2D eigenvalue weighted by Crippen LogP contribution is -2.21. The summed E-state index contributed by atoms with van der Waals surface area (Å²) in [6.45, 7) is 4.38. The largest absolute Gasteiger partial charge is 0.460 e. The number of amides is 1. The van der Waals surface area contributed by atoms with Crippen LogP contribution < -0.4 is 5.32 Å². The van der Waals surface area contributed by atoms with Gasteiger partial charge in [0.2, 0.25) is 0 Å². The molecule has 0 radical (unpaired) electrons. The van der Waals surface area contributed by atoms with Crippen LogP contribution in [0.2, 0.25) is 0 Å². The summed E-state index contributed by atoms with van der Waals surface area (Å²) in [7, 11) is 0. The van der Waals surface area contributed by atoms with Crippen molar-refractivity contribution in [3.05, 3.63) is 96.3 Å². The van der Waals surface area contributed by atoms with E-state index in [1.807, 2.05) is 67.6 Å². The lowest BCUT2D eigenvalue weighted by molar-refractivity contribution is -0.119. The van der Waals surface area contributed by atoms with E-state index in [1.54, 1.807) is 12.1 Å². The second-order valence-corrected chi connectivity index (χ2v) is 9.10. The molecule has 0 fully saturated rings. The summed E-state index contributed by atoms with van der Waals surface area (Å²) in [6.07, 6.45) is 0. The zero-order valence-corrected chi connectivity index (χ0v) is 21.0. The summed E-state index contributed by atoms with van der Waals surface area (Å²) in [5.74, 6) is 0.273. The number of nitrogens with one attached hydrogen (secondary N) is 1. The molecule has 0 unspecified atom stereocenters. The molecule has 0 atom stereocenters. The Bertz CT molecular complexity index is 1850. The summed E-state index contributed by atoms with van der Waals surface area (Å²) >= 11 is 0. The van der Waals surface area contributed by atoms with Crippen molar-refractivity contribution >= 4 is 50.3 Å². The number of esters is 1. The number of para-hydroxylation sites is 2. The van der Waals surface area contributed by atoms with Gasteiger partial charge in [0.25, 0.3) is 5.91 Å². The van der Waals surface area contributed by atoms with Gasteiger partial charge in [0, 0.05) is 39.4 Å². The molecule has 0 bridgehead atoms. The zero-order valence-electron chi connectivity index (χ0n) is 21.0. The highest BCUT2D eigenvalue weighted by Gasteiger charge is 2.18. The van der Waals surface area contributed by atoms with E-state index in [0.29, 0.717) is 33.6 Å². The molecule has 0 aliphatic carbocycles. The monoisotopic (exact) mass is 503 g/mol. The molecule has 0 aliphatic heterocycles. The number of aryl methyl sites for hydroxylation is 2. The summed E-state index contributed by atoms with van der Waals surface area (Å²) in [6, 6.07) is 26.6. The van der Waals surface area contributed by atoms with E-state index in [1.165, 1.54) is 0 Å². The lowest BCUT2D eigenvalue weighted by Gasteiger charge is -2.10. The average Bonchev–Trinajstić information content (AvgIpc) is 3.52. The number of anilines is 1. The molecule has 1 amide bonds. The van der Waals surface area contributed by atoms with Crippen LogP contribution in [0.1, 0.15) is 23.0 Å². The minimum atomic E-state index is -0.607. The van der Waals surface area contributed by atoms with Crippen LogP contribution in [0.5, 0.6) is 0 Å². The van der Waals surface area contributed by atoms with E-state index < -0.39 is 18.5 Å². The number of furan rings is 1. The number of ether oxygens (including phenoxy) is 1. The Balaban J connectivity index is 1.22. The van der Waals surface area contributed by atoms with Crippen molar-refractivity contribution in [3.8, 4) is 11.5 Å². The van der Waals surface area contributed by atoms with Crippen LogP contribution in [-0.2, 0) is 16.1 Å². The molecule has 38 heavy (non-hydrogen) atoms. The van der Waals surface area contributed by atoms with Crippen LogP contribution in [0.4, 0.5) is 5.69 Å². The van der Waals surface area contributed by atoms with Gasteiger partial charge in [-0.25, -0.2) is 9.78 Å². The van der Waals surface area contributed by atoms with Crippen LogP contribution in [0.3, 0.4) is 0 Å². The predicted octanol–water partition coefficient (Wildman–Crippen LogP) is 6.73. The molecule has 6 aromatic rings. The molecule has 188 valence electrons. The van der Waals surface area contributed by atoms with Crippen LogP contribution in [-0.4, -0.2) is 28.0 Å². The molecule has 7 nitrogen and oxygen atoms in total. The van der Waals surface area contributed by atoms with Gasteiger partial charge in [-0.1, -0.05) is 36.4 Å². The first kappa shape index (κ1) is 23.5. The van der Waals surface area contributed by atoms with E-state index in [-0.39, 0.29) is 0 Å². The first-order valence-electron chi connectivity index (χ1n) is 12.5. The first-order chi connectivity index (χ1) is 18.5. The van der Waals surface area contributed by atoms with Crippen molar-refractivity contribution < 1.29 is 18.7 Å². The standard InChI is InChI=1S/C31H25N3O4/c1-3-34-27-11-7-5-9-22(27)23-16-20(13-14-28(23)34)32-30(35)18-37-31(36)24-17-26(29-15-12-19(2)38-29)33-25-10-6-4-8-21(24)25/h4-17H,3,18H2,1-2H3,(H,32,35). The maximum atomic E-state index is 13.1. The van der Waals surface area contributed by atoms with Gasteiger partial charge in [0.15, 0.2) is 12.4 Å². The van der Waals surface area contributed by atoms with Crippen LogP contribution >= 0.6 is 0 Å². The highest BCUT2D eigenvalue weighted by molar-refractivity contribution is 6.10. The van der Waals surface area contributed by atoms with Gasteiger partial charge in [-0.3, -0.25) is 4.79 Å². The highest BCUT2D eigenvalue weighted by Crippen LogP contribution is 2.31. The molecule has 3 heterocycles. The van der Waals surface area contributed by atoms with Crippen LogP contribution in [0.15, 0.2) is 89.3 Å². The molecule has 1 N–H and O–H groups in total. The topological polar surface area (TPSA) is 86.4 Å². The Morgan fingerprint density at radius 2 is 1.66 bits per heavy atom. The van der Waals surface area contributed by atoms with E-state index in [2.05, 4.69) is 33.9 Å². The predicted molar refractivity (Wildman–Crippen MR) is 148 cm³/mol. The smallest absolute Gasteiger partial charge is 0.339 e. The maximum Gasteiger partial charge on any atom is 0.339 e. The number of hydrogen-bond acceptors (Lipinski definition) is 5. The zero-order chi connectivity index (χ0) is 26.2. The fourth-order valence-corrected chi connectivity index (χ4v) is 4.92. The number of carbonyl (C=O) groups excluding carboxylic acids is 2. The molecular formula is C31H25N3O4. The normalized spacial score (nSPS) is 11.3. The molecule has 0 aliphatic rings. The summed E-state index contributed by atoms with van der Waals surface area (Å²) < 4.78 is 13.4. The van der Waals surface area contributed by atoms with Gasteiger partial charge in [-0.05, 0) is 62.4 Å². The number of rotatable bonds is 6. The second kappa shape index (κ2) is 9.52. The lowest BCUT2D eigenvalue weighted by atomic mass is 10.1. The number of aromatic nitrogens is 2. The van der Waals surface area contributed by atoms with Crippen molar-refractivity contribution in [1.82, 2.24) is 9.55 Å². The van der Waals surface area contributed by atoms with Gasteiger partial charge in [-0.15, -0.1) is 0 Å². The van der Waals surface area contributed by atoms with E-state index in [0.717, 1.165) is 34.1 Å². The van der Waals surface area contributed by atoms with Crippen LogP contribution in [0.25, 0.3) is 44.2 Å².